The molecule has 0 spiro atoms. The van der Waals surface area contributed by atoms with Gasteiger partial charge in [0.2, 0.25) is 0 Å². The molecule has 0 atom stereocenters. The second-order valence-electron chi connectivity index (χ2n) is 4.78. The average Bonchev–Trinajstić information content (AvgIpc) is 2.29. The second-order valence-corrected chi connectivity index (χ2v) is 5.69. The lowest BCUT2D eigenvalue weighted by Gasteiger charge is -2.35. The summed E-state index contributed by atoms with van der Waals surface area (Å²) in [5.41, 5.74) is 0.629. The van der Waals surface area contributed by atoms with Gasteiger partial charge in [0, 0.05) is 15.6 Å². The Bertz CT molecular complexity index is 414. The van der Waals surface area contributed by atoms with E-state index in [-0.39, 0.29) is 11.4 Å². The molecule has 1 heterocycles. The predicted octanol–water partition coefficient (Wildman–Crippen LogP) is 2.32. The van der Waals surface area contributed by atoms with Gasteiger partial charge >= 0.3 is 0 Å². The molecule has 1 saturated heterocycles. The van der Waals surface area contributed by atoms with Crippen LogP contribution in [0.4, 0.5) is 0 Å². The molecule has 3 nitrogen and oxygen atoms in total. The number of hydrogen-bond acceptors (Lipinski definition) is 2. The van der Waals surface area contributed by atoms with Crippen LogP contribution in [0.15, 0.2) is 28.7 Å². The molecule has 0 bridgehead atoms. The first-order valence-corrected chi connectivity index (χ1v) is 6.67. The Morgan fingerprint density at radius 3 is 2.76 bits per heavy atom. The minimum atomic E-state index is -0.0787. The fourth-order valence-corrected chi connectivity index (χ4v) is 2.48. The fourth-order valence-electron chi connectivity index (χ4n) is 2.08. The highest BCUT2D eigenvalue weighted by molar-refractivity contribution is 9.10. The van der Waals surface area contributed by atoms with Crippen molar-refractivity contribution < 1.29 is 4.79 Å². The Labute approximate surface area is 110 Å². The minimum absolute atomic E-state index is 0.00991. The second kappa shape index (κ2) is 5.19. The Kier molecular flexibility index (Phi) is 3.84. The van der Waals surface area contributed by atoms with Gasteiger partial charge in [-0.15, -0.1) is 0 Å². The highest BCUT2D eigenvalue weighted by atomic mass is 79.9. The monoisotopic (exact) mass is 296 g/mol. The molecule has 0 saturated carbocycles. The molecule has 0 aliphatic carbocycles. The zero-order valence-corrected chi connectivity index (χ0v) is 11.5. The molecular formula is C13H17BrN2O. The van der Waals surface area contributed by atoms with E-state index in [4.69, 9.17) is 0 Å². The summed E-state index contributed by atoms with van der Waals surface area (Å²) < 4.78 is 0.931. The number of carbonyl (C=O) groups is 1. The molecule has 1 amide bonds. The van der Waals surface area contributed by atoms with E-state index in [0.29, 0.717) is 5.56 Å². The van der Waals surface area contributed by atoms with E-state index in [9.17, 15) is 4.79 Å². The first-order chi connectivity index (χ1) is 8.09. The maximum absolute atomic E-state index is 12.1. The topological polar surface area (TPSA) is 41.1 Å². The van der Waals surface area contributed by atoms with Crippen molar-refractivity contribution in [1.82, 2.24) is 10.6 Å². The summed E-state index contributed by atoms with van der Waals surface area (Å²) in [4.78, 5) is 12.1. The number of amides is 1. The van der Waals surface area contributed by atoms with E-state index in [1.54, 1.807) is 0 Å². The number of benzene rings is 1. The predicted molar refractivity (Wildman–Crippen MR) is 72.1 cm³/mol. The van der Waals surface area contributed by atoms with E-state index < -0.39 is 0 Å². The molecule has 4 heteroatoms. The summed E-state index contributed by atoms with van der Waals surface area (Å²) in [5.74, 6) is 0.00991. The zero-order chi connectivity index (χ0) is 12.3. The van der Waals surface area contributed by atoms with Crippen LogP contribution in [0, 0.1) is 0 Å². The maximum atomic E-state index is 12.1. The summed E-state index contributed by atoms with van der Waals surface area (Å²) >= 11 is 3.38. The van der Waals surface area contributed by atoms with Crippen LogP contribution < -0.4 is 10.6 Å². The van der Waals surface area contributed by atoms with Crippen LogP contribution in [0.1, 0.15) is 30.1 Å². The van der Waals surface area contributed by atoms with Crippen molar-refractivity contribution in [3.8, 4) is 0 Å². The molecule has 2 rings (SSSR count). The SMILES string of the molecule is CC1(NC(=O)c2cccc(Br)c2)CCNCC1. The van der Waals surface area contributed by atoms with Crippen LogP contribution in [-0.4, -0.2) is 24.5 Å². The standard InChI is InChI=1S/C13H17BrN2O/c1-13(5-7-15-8-6-13)16-12(17)10-3-2-4-11(14)9-10/h2-4,9,15H,5-8H2,1H3,(H,16,17). The highest BCUT2D eigenvalue weighted by Gasteiger charge is 2.28. The van der Waals surface area contributed by atoms with Crippen molar-refractivity contribution in [3.05, 3.63) is 34.3 Å². The van der Waals surface area contributed by atoms with E-state index in [2.05, 4.69) is 33.5 Å². The molecule has 0 radical (unpaired) electrons. The van der Waals surface area contributed by atoms with Gasteiger partial charge in [0.1, 0.15) is 0 Å². The number of carbonyl (C=O) groups excluding carboxylic acids is 1. The van der Waals surface area contributed by atoms with Crippen molar-refractivity contribution in [2.75, 3.05) is 13.1 Å². The lowest BCUT2D eigenvalue weighted by Crippen LogP contribution is -2.52. The quantitative estimate of drug-likeness (QED) is 0.879. The summed E-state index contributed by atoms with van der Waals surface area (Å²) in [6.07, 6.45) is 1.96. The highest BCUT2D eigenvalue weighted by Crippen LogP contribution is 2.19. The van der Waals surface area contributed by atoms with Crippen LogP contribution in [0.2, 0.25) is 0 Å². The zero-order valence-electron chi connectivity index (χ0n) is 9.92. The molecule has 1 aromatic rings. The summed E-state index contributed by atoms with van der Waals surface area (Å²) in [6, 6.07) is 7.48. The third kappa shape index (κ3) is 3.30. The Morgan fingerprint density at radius 2 is 2.12 bits per heavy atom. The van der Waals surface area contributed by atoms with E-state index in [1.165, 1.54) is 0 Å². The molecule has 17 heavy (non-hydrogen) atoms. The number of piperidine rings is 1. The smallest absolute Gasteiger partial charge is 0.251 e. The molecule has 2 N–H and O–H groups in total. The van der Waals surface area contributed by atoms with Gasteiger partial charge in [-0.3, -0.25) is 4.79 Å². The normalized spacial score (nSPS) is 18.7. The molecule has 0 unspecified atom stereocenters. The van der Waals surface area contributed by atoms with Gasteiger partial charge in [0.15, 0.2) is 0 Å². The van der Waals surface area contributed by atoms with E-state index >= 15 is 0 Å². The van der Waals surface area contributed by atoms with Crippen LogP contribution in [0.3, 0.4) is 0 Å². The van der Waals surface area contributed by atoms with Crippen molar-refractivity contribution in [3.63, 3.8) is 0 Å². The molecule has 1 fully saturated rings. The van der Waals surface area contributed by atoms with Gasteiger partial charge in [0.25, 0.3) is 5.91 Å². The lowest BCUT2D eigenvalue weighted by molar-refractivity contribution is 0.0887. The lowest BCUT2D eigenvalue weighted by atomic mass is 9.90. The molecule has 1 aliphatic rings. The number of halogens is 1. The van der Waals surface area contributed by atoms with Gasteiger partial charge in [-0.1, -0.05) is 22.0 Å². The molecule has 1 aliphatic heterocycles. The van der Waals surface area contributed by atoms with Crippen LogP contribution >= 0.6 is 15.9 Å². The third-order valence-electron chi connectivity index (χ3n) is 3.21. The van der Waals surface area contributed by atoms with Gasteiger partial charge in [-0.25, -0.2) is 0 Å². The molecule has 1 aromatic carbocycles. The number of nitrogens with one attached hydrogen (secondary N) is 2. The van der Waals surface area contributed by atoms with Crippen LogP contribution in [0.25, 0.3) is 0 Å². The maximum Gasteiger partial charge on any atom is 0.251 e. The van der Waals surface area contributed by atoms with Gasteiger partial charge in [-0.05, 0) is 51.1 Å². The van der Waals surface area contributed by atoms with Gasteiger partial charge in [-0.2, -0.15) is 0 Å². The van der Waals surface area contributed by atoms with Crippen molar-refractivity contribution in [2.45, 2.75) is 25.3 Å². The molecule has 0 aromatic heterocycles. The fraction of sp³-hybridized carbons (Fsp3) is 0.462. The van der Waals surface area contributed by atoms with E-state index in [1.807, 2.05) is 24.3 Å². The van der Waals surface area contributed by atoms with Crippen LogP contribution in [-0.2, 0) is 0 Å². The minimum Gasteiger partial charge on any atom is -0.347 e. The van der Waals surface area contributed by atoms with Gasteiger partial charge in [0.05, 0.1) is 0 Å². The number of hydrogen-bond donors (Lipinski definition) is 2. The summed E-state index contributed by atoms with van der Waals surface area (Å²) in [6.45, 7) is 4.05. The Balaban J connectivity index is 2.06. The largest absolute Gasteiger partial charge is 0.347 e. The summed E-state index contributed by atoms with van der Waals surface area (Å²) in [5, 5.41) is 6.44. The summed E-state index contributed by atoms with van der Waals surface area (Å²) in [7, 11) is 0. The molecule has 92 valence electrons. The Morgan fingerprint density at radius 1 is 1.41 bits per heavy atom. The molecular weight excluding hydrogens is 280 g/mol. The van der Waals surface area contributed by atoms with Crippen molar-refractivity contribution in [2.24, 2.45) is 0 Å². The number of rotatable bonds is 2. The third-order valence-corrected chi connectivity index (χ3v) is 3.70. The van der Waals surface area contributed by atoms with Crippen molar-refractivity contribution in [1.29, 1.82) is 0 Å². The van der Waals surface area contributed by atoms with Crippen LogP contribution in [0.5, 0.6) is 0 Å². The average molecular weight is 297 g/mol. The van der Waals surface area contributed by atoms with Gasteiger partial charge < -0.3 is 10.6 Å². The van der Waals surface area contributed by atoms with Crippen molar-refractivity contribution >= 4 is 21.8 Å². The van der Waals surface area contributed by atoms with E-state index in [0.717, 1.165) is 30.4 Å². The Hall–Kier alpha value is -0.870. The first-order valence-electron chi connectivity index (χ1n) is 5.88. The first kappa shape index (κ1) is 12.6.